The largest absolute Gasteiger partial charge is 0.480 e. The van der Waals surface area contributed by atoms with Crippen LogP contribution in [0.4, 0.5) is 0 Å². The Hall–Kier alpha value is -2.34. The Kier molecular flexibility index (Phi) is 4.68. The van der Waals surface area contributed by atoms with Crippen molar-refractivity contribution in [2.45, 2.75) is 44.1 Å². The second-order valence-electron chi connectivity index (χ2n) is 7.46. The molecule has 6 nitrogen and oxygen atoms in total. The first-order valence-electron chi connectivity index (χ1n) is 9.46. The Morgan fingerprint density at radius 3 is 2.73 bits per heavy atom. The third-order valence-electron chi connectivity index (χ3n) is 5.72. The molecule has 2 aliphatic rings. The maximum absolute atomic E-state index is 12.9. The van der Waals surface area contributed by atoms with Crippen LogP contribution < -0.4 is 5.32 Å². The Morgan fingerprint density at radius 2 is 1.96 bits per heavy atom. The molecule has 26 heavy (non-hydrogen) atoms. The summed E-state index contributed by atoms with van der Waals surface area (Å²) in [6.45, 7) is 1.53. The summed E-state index contributed by atoms with van der Waals surface area (Å²) in [6.07, 6.45) is 4.56. The van der Waals surface area contributed by atoms with Gasteiger partial charge in [-0.3, -0.25) is 14.5 Å². The van der Waals surface area contributed by atoms with Gasteiger partial charge in [-0.1, -0.05) is 18.2 Å². The number of carboxylic acid groups (broad SMARTS) is 1. The van der Waals surface area contributed by atoms with Gasteiger partial charge in [0.05, 0.1) is 12.5 Å². The molecule has 2 heterocycles. The zero-order chi connectivity index (χ0) is 18.1. The molecule has 138 valence electrons. The van der Waals surface area contributed by atoms with E-state index in [0.717, 1.165) is 56.4 Å². The van der Waals surface area contributed by atoms with Crippen molar-refractivity contribution in [2.75, 3.05) is 19.6 Å². The van der Waals surface area contributed by atoms with Gasteiger partial charge in [-0.25, -0.2) is 0 Å². The lowest BCUT2D eigenvalue weighted by atomic mass is 9.86. The van der Waals surface area contributed by atoms with Crippen LogP contribution in [0.5, 0.6) is 0 Å². The fraction of sp³-hybridized carbons (Fsp3) is 0.500. The number of para-hydroxylation sites is 1. The molecule has 2 aromatic rings. The molecule has 1 aliphatic carbocycles. The maximum atomic E-state index is 12.9. The first-order chi connectivity index (χ1) is 12.6. The van der Waals surface area contributed by atoms with Gasteiger partial charge in [0.25, 0.3) is 0 Å². The van der Waals surface area contributed by atoms with E-state index in [-0.39, 0.29) is 24.4 Å². The number of likely N-dealkylation sites (tertiary alicyclic amines) is 1. The molecule has 1 saturated heterocycles. The van der Waals surface area contributed by atoms with Gasteiger partial charge in [0.15, 0.2) is 0 Å². The molecular weight excluding hydrogens is 330 g/mol. The van der Waals surface area contributed by atoms with Crippen LogP contribution in [-0.2, 0) is 16.0 Å². The molecule has 0 saturated carbocycles. The molecule has 1 aliphatic heterocycles. The molecule has 0 radical (unpaired) electrons. The number of carbonyl (C=O) groups excluding carboxylic acids is 1. The van der Waals surface area contributed by atoms with E-state index in [1.165, 1.54) is 10.9 Å². The van der Waals surface area contributed by atoms with E-state index in [2.05, 4.69) is 22.4 Å². The summed E-state index contributed by atoms with van der Waals surface area (Å²) in [7, 11) is 0. The molecule has 1 aromatic carbocycles. The highest BCUT2D eigenvalue weighted by Crippen LogP contribution is 2.36. The Morgan fingerprint density at radius 1 is 1.19 bits per heavy atom. The van der Waals surface area contributed by atoms with Crippen LogP contribution in [0.25, 0.3) is 10.9 Å². The number of hydrogen-bond donors (Lipinski definition) is 3. The van der Waals surface area contributed by atoms with E-state index in [0.29, 0.717) is 0 Å². The summed E-state index contributed by atoms with van der Waals surface area (Å²) < 4.78 is 0. The van der Waals surface area contributed by atoms with E-state index in [9.17, 15) is 9.59 Å². The normalized spacial score (nSPS) is 21.5. The van der Waals surface area contributed by atoms with Crippen LogP contribution in [-0.4, -0.2) is 52.5 Å². The van der Waals surface area contributed by atoms with Crippen molar-refractivity contribution < 1.29 is 14.7 Å². The summed E-state index contributed by atoms with van der Waals surface area (Å²) in [5.74, 6) is -0.793. The lowest BCUT2D eigenvalue weighted by Crippen LogP contribution is -2.47. The van der Waals surface area contributed by atoms with Crippen LogP contribution in [0.15, 0.2) is 24.3 Å². The number of aliphatic carboxylic acids is 1. The van der Waals surface area contributed by atoms with Gasteiger partial charge in [-0.15, -0.1) is 0 Å². The van der Waals surface area contributed by atoms with Gasteiger partial charge < -0.3 is 15.4 Å². The second-order valence-corrected chi connectivity index (χ2v) is 7.46. The third-order valence-corrected chi connectivity index (χ3v) is 5.72. The lowest BCUT2D eigenvalue weighted by Gasteiger charge is -2.32. The topological polar surface area (TPSA) is 85.4 Å². The number of amides is 1. The Balaban J connectivity index is 1.43. The summed E-state index contributed by atoms with van der Waals surface area (Å²) in [5, 5.41) is 13.3. The summed E-state index contributed by atoms with van der Waals surface area (Å²) in [6, 6.07) is 8.40. The molecule has 1 atom stereocenters. The second kappa shape index (κ2) is 7.11. The quantitative estimate of drug-likeness (QED) is 0.785. The molecule has 3 N–H and O–H groups in total. The van der Waals surface area contributed by atoms with E-state index in [1.807, 2.05) is 17.0 Å². The number of aryl methyl sites for hydroxylation is 1. The van der Waals surface area contributed by atoms with Gasteiger partial charge in [0.1, 0.15) is 0 Å². The molecule has 6 heteroatoms. The molecule has 1 unspecified atom stereocenters. The number of benzene rings is 1. The van der Waals surface area contributed by atoms with Crippen molar-refractivity contribution >= 4 is 22.8 Å². The zero-order valence-corrected chi connectivity index (χ0v) is 14.8. The zero-order valence-electron chi connectivity index (χ0n) is 14.8. The van der Waals surface area contributed by atoms with Crippen molar-refractivity contribution in [1.82, 2.24) is 15.2 Å². The van der Waals surface area contributed by atoms with Gasteiger partial charge in [-0.2, -0.15) is 0 Å². The molecule has 0 bridgehead atoms. The number of piperidine rings is 1. The lowest BCUT2D eigenvalue weighted by molar-refractivity contribution is -0.138. The molecule has 0 spiro atoms. The Bertz CT molecular complexity index is 821. The van der Waals surface area contributed by atoms with Crippen LogP contribution in [0.3, 0.4) is 0 Å². The first-order valence-corrected chi connectivity index (χ1v) is 9.46. The Labute approximate surface area is 152 Å². The standard InChI is InChI=1S/C20H25N3O3/c24-18(25)12-23-10-8-13(9-11-23)21-20(26)16-6-3-5-15-14-4-1-2-7-17(14)22-19(15)16/h1-2,4,7,13,16,22H,3,5-6,8-12H2,(H,21,26)(H,24,25). The highest BCUT2D eigenvalue weighted by atomic mass is 16.4. The number of H-pyrrole nitrogens is 1. The average molecular weight is 355 g/mol. The molecule has 1 amide bonds. The van der Waals surface area contributed by atoms with Crippen LogP contribution >= 0.6 is 0 Å². The fourth-order valence-corrected chi connectivity index (χ4v) is 4.41. The number of hydrogen-bond acceptors (Lipinski definition) is 3. The van der Waals surface area contributed by atoms with Crippen molar-refractivity contribution in [3.63, 3.8) is 0 Å². The van der Waals surface area contributed by atoms with Crippen molar-refractivity contribution in [2.24, 2.45) is 0 Å². The fourth-order valence-electron chi connectivity index (χ4n) is 4.41. The van der Waals surface area contributed by atoms with E-state index >= 15 is 0 Å². The average Bonchev–Trinajstić information content (AvgIpc) is 3.01. The predicted octanol–water partition coefficient (Wildman–Crippen LogP) is 2.25. The number of carbonyl (C=O) groups is 2. The van der Waals surface area contributed by atoms with Gasteiger partial charge in [0.2, 0.25) is 5.91 Å². The minimum absolute atomic E-state index is 0.0850. The third kappa shape index (κ3) is 3.33. The number of fused-ring (bicyclic) bond motifs is 3. The number of nitrogens with one attached hydrogen (secondary N) is 2. The smallest absolute Gasteiger partial charge is 0.317 e. The highest BCUT2D eigenvalue weighted by Gasteiger charge is 2.31. The summed E-state index contributed by atoms with van der Waals surface area (Å²) in [5.41, 5.74) is 3.49. The van der Waals surface area contributed by atoms with Crippen molar-refractivity contribution in [3.8, 4) is 0 Å². The van der Waals surface area contributed by atoms with Crippen LogP contribution in [0.1, 0.15) is 42.9 Å². The van der Waals surface area contributed by atoms with Gasteiger partial charge >= 0.3 is 5.97 Å². The van der Waals surface area contributed by atoms with Crippen molar-refractivity contribution in [3.05, 3.63) is 35.5 Å². The number of aromatic nitrogens is 1. The van der Waals surface area contributed by atoms with Crippen molar-refractivity contribution in [1.29, 1.82) is 0 Å². The van der Waals surface area contributed by atoms with E-state index in [1.54, 1.807) is 0 Å². The molecule has 1 fully saturated rings. The molecule has 1 aromatic heterocycles. The van der Waals surface area contributed by atoms with Gasteiger partial charge in [0, 0.05) is 35.7 Å². The highest BCUT2D eigenvalue weighted by molar-refractivity contribution is 5.90. The number of aromatic amines is 1. The van der Waals surface area contributed by atoms with E-state index < -0.39 is 5.97 Å². The van der Waals surface area contributed by atoms with Gasteiger partial charge in [-0.05, 0) is 43.7 Å². The summed E-state index contributed by atoms with van der Waals surface area (Å²) >= 11 is 0. The molecule has 4 rings (SSSR count). The predicted molar refractivity (Wildman–Crippen MR) is 99.2 cm³/mol. The van der Waals surface area contributed by atoms with Crippen LogP contribution in [0.2, 0.25) is 0 Å². The minimum Gasteiger partial charge on any atom is -0.480 e. The maximum Gasteiger partial charge on any atom is 0.317 e. The minimum atomic E-state index is -0.791. The van der Waals surface area contributed by atoms with E-state index in [4.69, 9.17) is 5.11 Å². The molecular formula is C20H25N3O3. The van der Waals surface area contributed by atoms with Crippen LogP contribution in [0, 0.1) is 0 Å². The monoisotopic (exact) mass is 355 g/mol. The summed E-state index contributed by atoms with van der Waals surface area (Å²) in [4.78, 5) is 29.1. The first kappa shape index (κ1) is 17.1. The number of rotatable bonds is 4. The number of carboxylic acids is 1. The number of nitrogens with zero attached hydrogens (tertiary/aromatic N) is 1. The SMILES string of the molecule is O=C(O)CN1CCC(NC(=O)C2CCCc3c2[nH]c2ccccc32)CC1.